The van der Waals surface area contributed by atoms with E-state index in [-0.39, 0.29) is 11.9 Å². The molecule has 2 aromatic rings. The normalized spacial score (nSPS) is 21.6. The van der Waals surface area contributed by atoms with E-state index in [0.29, 0.717) is 56.7 Å². The lowest BCUT2D eigenvalue weighted by Crippen LogP contribution is -2.58. The summed E-state index contributed by atoms with van der Waals surface area (Å²) in [5.74, 6) is 8.11. The van der Waals surface area contributed by atoms with Crippen LogP contribution >= 0.6 is 0 Å². The van der Waals surface area contributed by atoms with Crippen LogP contribution in [-0.2, 0) is 16.0 Å². The highest BCUT2D eigenvalue weighted by molar-refractivity contribution is 5.89. The highest BCUT2D eigenvalue weighted by Gasteiger charge is 2.41. The molecule has 2 unspecified atom stereocenters. The number of aliphatic imine (C=N–C) groups is 1. The third kappa shape index (κ3) is 6.28. The number of hydrogen-bond donors (Lipinski definition) is 2. The number of nitrogens with zero attached hydrogens (tertiary/aromatic N) is 3. The van der Waals surface area contributed by atoms with Crippen molar-refractivity contribution in [1.82, 2.24) is 15.2 Å². The zero-order valence-corrected chi connectivity index (χ0v) is 22.8. The number of para-hydroxylation sites is 1. The molecule has 38 heavy (non-hydrogen) atoms. The van der Waals surface area contributed by atoms with Gasteiger partial charge in [0.1, 0.15) is 11.4 Å². The molecule has 2 aliphatic heterocycles. The van der Waals surface area contributed by atoms with Gasteiger partial charge in [-0.1, -0.05) is 42.5 Å². The first kappa shape index (κ1) is 27.9. The number of carbonyl (C=O) groups excluding carboxylic acids is 1. The molecule has 0 aromatic heterocycles. The molecule has 2 fully saturated rings. The van der Waals surface area contributed by atoms with Crippen molar-refractivity contribution in [3.63, 3.8) is 0 Å². The number of ether oxygens (including phenoxy) is 3. The Hall–Kier alpha value is -3.14. The monoisotopic (exact) mass is 523 g/mol. The quantitative estimate of drug-likeness (QED) is 0.226. The highest BCUT2D eigenvalue weighted by Crippen LogP contribution is 2.38. The molecule has 3 N–H and O–H groups in total. The molecule has 0 spiro atoms. The first-order chi connectivity index (χ1) is 18.5. The maximum atomic E-state index is 13.4. The number of benzene rings is 2. The van der Waals surface area contributed by atoms with Gasteiger partial charge in [-0.15, -0.1) is 0 Å². The minimum Gasteiger partial charge on any atom is -0.493 e. The van der Waals surface area contributed by atoms with Gasteiger partial charge in [-0.3, -0.25) is 14.7 Å². The van der Waals surface area contributed by atoms with Gasteiger partial charge in [0.15, 0.2) is 11.5 Å². The largest absolute Gasteiger partial charge is 0.493 e. The molecular weight excluding hydrogens is 482 g/mol. The van der Waals surface area contributed by atoms with Crippen LogP contribution in [0, 0.1) is 0 Å². The van der Waals surface area contributed by atoms with Gasteiger partial charge in [-0.05, 0) is 44.2 Å². The Morgan fingerprint density at radius 2 is 1.84 bits per heavy atom. The van der Waals surface area contributed by atoms with E-state index >= 15 is 0 Å². The molecule has 4 rings (SSSR count). The molecular formula is C29H41N5O4. The predicted molar refractivity (Wildman–Crippen MR) is 148 cm³/mol. The lowest BCUT2D eigenvalue weighted by molar-refractivity contribution is -0.163. The van der Waals surface area contributed by atoms with E-state index in [2.05, 4.69) is 22.5 Å². The maximum Gasteiger partial charge on any atom is 0.254 e. The van der Waals surface area contributed by atoms with Gasteiger partial charge in [-0.2, -0.15) is 0 Å². The second kappa shape index (κ2) is 13.1. The summed E-state index contributed by atoms with van der Waals surface area (Å²) in [5.41, 5.74) is 4.28. The molecule has 0 bridgehead atoms. The Morgan fingerprint density at radius 3 is 2.47 bits per heavy atom. The number of rotatable bonds is 9. The molecule has 2 aliphatic rings. The molecule has 2 atom stereocenters. The zero-order valence-electron chi connectivity index (χ0n) is 22.8. The minimum absolute atomic E-state index is 0.0843. The van der Waals surface area contributed by atoms with Crippen LogP contribution in [0.1, 0.15) is 43.4 Å². The van der Waals surface area contributed by atoms with Crippen molar-refractivity contribution in [3.8, 4) is 11.5 Å². The molecule has 9 heteroatoms. The number of nitrogens with two attached hydrogens (primary N) is 1. The molecule has 2 aromatic carbocycles. The lowest BCUT2D eigenvalue weighted by atomic mass is 9.94. The van der Waals surface area contributed by atoms with E-state index in [0.717, 1.165) is 31.2 Å². The van der Waals surface area contributed by atoms with Gasteiger partial charge < -0.3 is 24.5 Å². The summed E-state index contributed by atoms with van der Waals surface area (Å²) >= 11 is 0. The van der Waals surface area contributed by atoms with Crippen molar-refractivity contribution in [2.24, 2.45) is 10.8 Å². The van der Waals surface area contributed by atoms with Crippen molar-refractivity contribution in [3.05, 3.63) is 59.7 Å². The van der Waals surface area contributed by atoms with Crippen LogP contribution < -0.4 is 20.7 Å². The number of nitrogens with one attached hydrogen (secondary N) is 1. The van der Waals surface area contributed by atoms with E-state index in [4.69, 9.17) is 25.0 Å². The number of methoxy groups -OCH3 is 2. The number of piperazine rings is 1. The Morgan fingerprint density at radius 1 is 1.08 bits per heavy atom. The Bertz CT molecular complexity index is 1080. The summed E-state index contributed by atoms with van der Waals surface area (Å²) < 4.78 is 17.3. The van der Waals surface area contributed by atoms with Crippen LogP contribution in [-0.4, -0.2) is 80.7 Å². The van der Waals surface area contributed by atoms with Crippen molar-refractivity contribution in [2.75, 3.05) is 53.6 Å². The summed E-state index contributed by atoms with van der Waals surface area (Å²) in [6.07, 6.45) is 3.60. The summed E-state index contributed by atoms with van der Waals surface area (Å²) in [6, 6.07) is 15.8. The van der Waals surface area contributed by atoms with E-state index < -0.39 is 5.60 Å². The van der Waals surface area contributed by atoms with Crippen LogP contribution in [0.15, 0.2) is 53.5 Å². The third-order valence-electron chi connectivity index (χ3n) is 7.55. The fraction of sp³-hybridized carbons (Fsp3) is 0.517. The van der Waals surface area contributed by atoms with Gasteiger partial charge in [0.05, 0.1) is 20.3 Å². The van der Waals surface area contributed by atoms with Crippen LogP contribution in [0.25, 0.3) is 0 Å². The molecule has 2 heterocycles. The Labute approximate surface area is 225 Å². The minimum atomic E-state index is -0.724. The van der Waals surface area contributed by atoms with E-state index in [1.54, 1.807) is 14.2 Å². The summed E-state index contributed by atoms with van der Waals surface area (Å²) in [6.45, 7) is 5.68. The van der Waals surface area contributed by atoms with Crippen molar-refractivity contribution in [1.29, 1.82) is 0 Å². The van der Waals surface area contributed by atoms with Gasteiger partial charge in [0.2, 0.25) is 0 Å². The zero-order chi connectivity index (χ0) is 27.0. The van der Waals surface area contributed by atoms with Crippen molar-refractivity contribution >= 4 is 11.7 Å². The average molecular weight is 524 g/mol. The third-order valence-corrected chi connectivity index (χ3v) is 7.55. The fourth-order valence-corrected chi connectivity index (χ4v) is 5.43. The average Bonchev–Trinajstić information content (AvgIpc) is 2.97. The topological polar surface area (TPSA) is 102 Å². The summed E-state index contributed by atoms with van der Waals surface area (Å²) in [7, 11) is 3.27. The van der Waals surface area contributed by atoms with E-state index in [1.165, 1.54) is 5.56 Å². The molecule has 2 saturated heterocycles. The van der Waals surface area contributed by atoms with Crippen LogP contribution in [0.2, 0.25) is 0 Å². The molecule has 0 aliphatic carbocycles. The van der Waals surface area contributed by atoms with Gasteiger partial charge in [0.25, 0.3) is 5.91 Å². The van der Waals surface area contributed by atoms with Crippen LogP contribution in [0.3, 0.4) is 0 Å². The van der Waals surface area contributed by atoms with Crippen molar-refractivity contribution < 1.29 is 19.0 Å². The Balaban J connectivity index is 1.57. The number of hydrogen-bond acceptors (Lipinski definition) is 7. The summed E-state index contributed by atoms with van der Waals surface area (Å²) in [4.78, 5) is 22.5. The van der Waals surface area contributed by atoms with Gasteiger partial charge in [0, 0.05) is 44.9 Å². The number of amides is 1. The molecule has 9 nitrogen and oxygen atoms in total. The first-order valence-corrected chi connectivity index (χ1v) is 13.4. The van der Waals surface area contributed by atoms with Gasteiger partial charge >= 0.3 is 0 Å². The molecule has 206 valence electrons. The standard InChI is InChI=1S/C29H41N5O4/c1-29(15-7-8-21-38-29)28(35)34-19-17-33(18-20-34)25(23-12-9-13-24(36-2)26(23)37-3)27(32-30)31-16-14-22-10-5-4-6-11-22/h4-6,9-13,25H,7-8,14-21,30H2,1-3H3,(H,31,32). The SMILES string of the molecule is COc1cccc(C(C(=NCCc2ccccc2)NN)N2CCN(C(=O)C3(C)CCCCO3)CC2)c1OC. The van der Waals surface area contributed by atoms with Crippen LogP contribution in [0.4, 0.5) is 0 Å². The van der Waals surface area contributed by atoms with Crippen LogP contribution in [0.5, 0.6) is 11.5 Å². The predicted octanol–water partition coefficient (Wildman–Crippen LogP) is 2.95. The molecule has 1 amide bonds. The number of amidine groups is 1. The highest BCUT2D eigenvalue weighted by atomic mass is 16.5. The molecule has 0 saturated carbocycles. The molecule has 0 radical (unpaired) electrons. The van der Waals surface area contributed by atoms with Crippen molar-refractivity contribution in [2.45, 2.75) is 44.2 Å². The second-order valence-electron chi connectivity index (χ2n) is 10.00. The van der Waals surface area contributed by atoms with Gasteiger partial charge in [-0.25, -0.2) is 5.84 Å². The number of hydrazine groups is 1. The number of carbonyl (C=O) groups is 1. The van der Waals surface area contributed by atoms with E-state index in [1.807, 2.05) is 48.2 Å². The summed E-state index contributed by atoms with van der Waals surface area (Å²) in [5, 5.41) is 0. The first-order valence-electron chi connectivity index (χ1n) is 13.4. The Kier molecular flexibility index (Phi) is 9.60. The smallest absolute Gasteiger partial charge is 0.254 e. The lowest BCUT2D eigenvalue weighted by Gasteiger charge is -2.43. The maximum absolute atomic E-state index is 13.4. The second-order valence-corrected chi connectivity index (χ2v) is 10.00. The van der Waals surface area contributed by atoms with E-state index in [9.17, 15) is 4.79 Å². The fourth-order valence-electron chi connectivity index (χ4n) is 5.43.